The minimum Gasteiger partial charge on any atom is -0.361 e. The zero-order chi connectivity index (χ0) is 20.1. The van der Waals surface area contributed by atoms with Gasteiger partial charge in [0.25, 0.3) is 11.8 Å². The lowest BCUT2D eigenvalue weighted by atomic mass is 10.2. The van der Waals surface area contributed by atoms with Gasteiger partial charge in [0.1, 0.15) is 11.6 Å². The molecule has 6 nitrogen and oxygen atoms in total. The summed E-state index contributed by atoms with van der Waals surface area (Å²) in [5.41, 5.74) is 6.61. The molecule has 1 aromatic heterocycles. The van der Waals surface area contributed by atoms with Crippen LogP contribution in [-0.4, -0.2) is 17.0 Å². The van der Waals surface area contributed by atoms with E-state index in [1.807, 2.05) is 26.0 Å². The minimum atomic E-state index is -0.729. The number of benzene rings is 2. The lowest BCUT2D eigenvalue weighted by Gasteiger charge is -2.11. The molecule has 0 saturated carbocycles. The standard InChI is InChI=1S/C20H18FN3O3S/c1-12-16(13(2)27-24-12)11-28-18-10-6-4-8-15(18)20(26)23-22-19(25)14-7-3-5-9-17(14)21/h3-10H,11H2,1-2H3,(H,22,25)(H,23,26). The van der Waals surface area contributed by atoms with Gasteiger partial charge in [-0.25, -0.2) is 4.39 Å². The Morgan fingerprint density at radius 3 is 2.25 bits per heavy atom. The third-order valence-electron chi connectivity index (χ3n) is 4.09. The van der Waals surface area contributed by atoms with E-state index in [-0.39, 0.29) is 5.56 Å². The highest BCUT2D eigenvalue weighted by Crippen LogP contribution is 2.28. The molecular formula is C20H18FN3O3S. The van der Waals surface area contributed by atoms with E-state index in [1.165, 1.54) is 30.0 Å². The van der Waals surface area contributed by atoms with Crippen LogP contribution in [0.1, 0.15) is 37.7 Å². The molecule has 2 amide bonds. The number of hydrogen-bond acceptors (Lipinski definition) is 5. The van der Waals surface area contributed by atoms with Gasteiger partial charge in [-0.2, -0.15) is 0 Å². The van der Waals surface area contributed by atoms with E-state index in [4.69, 9.17) is 4.52 Å². The van der Waals surface area contributed by atoms with Gasteiger partial charge in [-0.1, -0.05) is 29.4 Å². The van der Waals surface area contributed by atoms with Crippen LogP contribution in [0.3, 0.4) is 0 Å². The molecule has 0 bridgehead atoms. The summed E-state index contributed by atoms with van der Waals surface area (Å²) in [7, 11) is 0. The molecule has 2 N–H and O–H groups in total. The highest BCUT2D eigenvalue weighted by atomic mass is 32.2. The fourth-order valence-corrected chi connectivity index (χ4v) is 3.73. The number of aryl methyl sites for hydroxylation is 2. The number of carbonyl (C=O) groups is 2. The van der Waals surface area contributed by atoms with E-state index in [1.54, 1.807) is 18.2 Å². The Morgan fingerprint density at radius 1 is 1.00 bits per heavy atom. The normalized spacial score (nSPS) is 10.5. The first-order chi connectivity index (χ1) is 13.5. The van der Waals surface area contributed by atoms with Crippen molar-refractivity contribution in [2.24, 2.45) is 0 Å². The van der Waals surface area contributed by atoms with Gasteiger partial charge in [0.05, 0.1) is 16.8 Å². The van der Waals surface area contributed by atoms with Crippen molar-refractivity contribution < 1.29 is 18.5 Å². The predicted octanol–water partition coefficient (Wildman–Crippen LogP) is 3.80. The molecule has 3 aromatic rings. The van der Waals surface area contributed by atoms with Crippen molar-refractivity contribution in [2.75, 3.05) is 0 Å². The molecule has 0 saturated heterocycles. The quantitative estimate of drug-likeness (QED) is 0.504. The molecule has 28 heavy (non-hydrogen) atoms. The van der Waals surface area contributed by atoms with Crippen LogP contribution in [0.15, 0.2) is 57.9 Å². The largest absolute Gasteiger partial charge is 0.361 e. The van der Waals surface area contributed by atoms with E-state index in [0.29, 0.717) is 11.3 Å². The fraction of sp³-hybridized carbons (Fsp3) is 0.150. The summed E-state index contributed by atoms with van der Waals surface area (Å²) in [4.78, 5) is 25.3. The molecule has 0 spiro atoms. The highest BCUT2D eigenvalue weighted by Gasteiger charge is 2.16. The summed E-state index contributed by atoms with van der Waals surface area (Å²) < 4.78 is 18.8. The average Bonchev–Trinajstić information content (AvgIpc) is 3.02. The van der Waals surface area contributed by atoms with Gasteiger partial charge < -0.3 is 4.52 Å². The minimum absolute atomic E-state index is 0.149. The van der Waals surface area contributed by atoms with Crippen LogP contribution in [0, 0.1) is 19.7 Å². The summed E-state index contributed by atoms with van der Waals surface area (Å²) in [5.74, 6) is -0.555. The number of nitrogens with one attached hydrogen (secondary N) is 2. The van der Waals surface area contributed by atoms with Crippen molar-refractivity contribution >= 4 is 23.6 Å². The zero-order valence-corrected chi connectivity index (χ0v) is 16.1. The Morgan fingerprint density at radius 2 is 1.61 bits per heavy atom. The van der Waals surface area contributed by atoms with Gasteiger partial charge in [0.15, 0.2) is 0 Å². The number of halogens is 1. The first-order valence-electron chi connectivity index (χ1n) is 8.46. The van der Waals surface area contributed by atoms with Crippen molar-refractivity contribution in [1.29, 1.82) is 0 Å². The molecule has 1 heterocycles. The van der Waals surface area contributed by atoms with E-state index in [0.717, 1.165) is 21.9 Å². The number of hydrogen-bond donors (Lipinski definition) is 2. The zero-order valence-electron chi connectivity index (χ0n) is 15.3. The number of hydrazine groups is 1. The number of nitrogens with zero attached hydrogens (tertiary/aromatic N) is 1. The van der Waals surface area contributed by atoms with Crippen LogP contribution in [0.4, 0.5) is 4.39 Å². The van der Waals surface area contributed by atoms with Crippen LogP contribution >= 0.6 is 11.8 Å². The second-order valence-electron chi connectivity index (χ2n) is 5.98. The highest BCUT2D eigenvalue weighted by molar-refractivity contribution is 7.98. The molecule has 0 aliphatic heterocycles. The van der Waals surface area contributed by atoms with Gasteiger partial charge in [0.2, 0.25) is 0 Å². The average molecular weight is 399 g/mol. The molecule has 0 unspecified atom stereocenters. The summed E-state index contributed by atoms with van der Waals surface area (Å²) in [6.07, 6.45) is 0. The van der Waals surface area contributed by atoms with Gasteiger partial charge >= 0.3 is 0 Å². The van der Waals surface area contributed by atoms with E-state index in [9.17, 15) is 14.0 Å². The van der Waals surface area contributed by atoms with Crippen LogP contribution in [0.25, 0.3) is 0 Å². The SMILES string of the molecule is Cc1noc(C)c1CSc1ccccc1C(=O)NNC(=O)c1ccccc1F. The summed E-state index contributed by atoms with van der Waals surface area (Å²) in [6, 6.07) is 12.6. The van der Waals surface area contributed by atoms with Gasteiger partial charge in [0, 0.05) is 16.2 Å². The van der Waals surface area contributed by atoms with E-state index >= 15 is 0 Å². The maximum atomic E-state index is 13.7. The molecule has 144 valence electrons. The predicted molar refractivity (Wildman–Crippen MR) is 103 cm³/mol. The van der Waals surface area contributed by atoms with Crippen LogP contribution < -0.4 is 10.9 Å². The Kier molecular flexibility index (Phi) is 6.10. The second kappa shape index (κ2) is 8.71. The number of carbonyl (C=O) groups excluding carboxylic acids is 2. The molecule has 8 heteroatoms. The maximum Gasteiger partial charge on any atom is 0.272 e. The first kappa shape index (κ1) is 19.6. The molecule has 3 rings (SSSR count). The van der Waals surface area contributed by atoms with Crippen molar-refractivity contribution in [1.82, 2.24) is 16.0 Å². The summed E-state index contributed by atoms with van der Waals surface area (Å²) >= 11 is 1.46. The topological polar surface area (TPSA) is 84.2 Å². The molecule has 0 fully saturated rings. The third-order valence-corrected chi connectivity index (χ3v) is 5.19. The van der Waals surface area contributed by atoms with E-state index < -0.39 is 17.6 Å². The lowest BCUT2D eigenvalue weighted by molar-refractivity contribution is 0.0842. The van der Waals surface area contributed by atoms with Crippen molar-refractivity contribution in [3.05, 3.63) is 82.5 Å². The fourth-order valence-electron chi connectivity index (χ4n) is 2.53. The molecule has 2 aromatic carbocycles. The maximum absolute atomic E-state index is 13.7. The molecule has 0 aliphatic carbocycles. The molecule has 0 radical (unpaired) electrons. The lowest BCUT2D eigenvalue weighted by Crippen LogP contribution is -2.42. The van der Waals surface area contributed by atoms with Gasteiger partial charge in [-0.05, 0) is 38.1 Å². The van der Waals surface area contributed by atoms with Crippen LogP contribution in [0.5, 0.6) is 0 Å². The Bertz CT molecular complexity index is 1000. The van der Waals surface area contributed by atoms with Crippen molar-refractivity contribution in [3.63, 3.8) is 0 Å². The van der Waals surface area contributed by atoms with E-state index in [2.05, 4.69) is 16.0 Å². The second-order valence-corrected chi connectivity index (χ2v) is 6.99. The monoisotopic (exact) mass is 399 g/mol. The molecule has 0 aliphatic rings. The number of thioether (sulfide) groups is 1. The molecule has 0 atom stereocenters. The summed E-state index contributed by atoms with van der Waals surface area (Å²) in [5, 5.41) is 3.92. The Labute approximate surface area is 165 Å². The Hall–Kier alpha value is -3.13. The Balaban J connectivity index is 1.67. The summed E-state index contributed by atoms with van der Waals surface area (Å²) in [6.45, 7) is 3.70. The first-order valence-corrected chi connectivity index (χ1v) is 9.44. The van der Waals surface area contributed by atoms with Gasteiger partial charge in [-0.15, -0.1) is 11.8 Å². The van der Waals surface area contributed by atoms with Crippen molar-refractivity contribution in [3.8, 4) is 0 Å². The van der Waals surface area contributed by atoms with Crippen LogP contribution in [-0.2, 0) is 5.75 Å². The third kappa shape index (κ3) is 4.40. The number of aromatic nitrogens is 1. The smallest absolute Gasteiger partial charge is 0.272 e. The number of amides is 2. The van der Waals surface area contributed by atoms with Crippen LogP contribution in [0.2, 0.25) is 0 Å². The van der Waals surface area contributed by atoms with Gasteiger partial charge in [-0.3, -0.25) is 20.4 Å². The van der Waals surface area contributed by atoms with Crippen molar-refractivity contribution in [2.45, 2.75) is 24.5 Å². The molecular weight excluding hydrogens is 381 g/mol. The number of rotatable bonds is 5.